The van der Waals surface area contributed by atoms with E-state index in [4.69, 9.17) is 14.2 Å². The van der Waals surface area contributed by atoms with Crippen molar-refractivity contribution >= 4 is 23.9 Å². The first-order valence-electron chi connectivity index (χ1n) is 9.82. The summed E-state index contributed by atoms with van der Waals surface area (Å²) in [6.07, 6.45) is -1.72. The molecule has 10 heteroatoms. The fraction of sp³-hybridized carbons (Fsp3) is 0.700. The fourth-order valence-corrected chi connectivity index (χ4v) is 4.01. The molecule has 2 saturated carbocycles. The van der Waals surface area contributed by atoms with Crippen LogP contribution in [0.25, 0.3) is 0 Å². The minimum atomic E-state index is -1.73. The summed E-state index contributed by atoms with van der Waals surface area (Å²) in [5.74, 6) is -4.75. The lowest BCUT2D eigenvalue weighted by molar-refractivity contribution is -0.155. The average Bonchev–Trinajstić information content (AvgIpc) is 3.29. The Morgan fingerprint density at radius 1 is 1.33 bits per heavy atom. The van der Waals surface area contributed by atoms with Crippen molar-refractivity contribution in [2.75, 3.05) is 6.61 Å². The molecular weight excluding hydrogens is 399 g/mol. The Hall–Kier alpha value is -2.65. The number of amides is 2. The van der Waals surface area contributed by atoms with Gasteiger partial charge in [-0.2, -0.15) is 0 Å². The molecule has 0 spiro atoms. The van der Waals surface area contributed by atoms with Gasteiger partial charge in [-0.3, -0.25) is 9.59 Å². The minimum Gasteiger partial charge on any atom is -0.464 e. The van der Waals surface area contributed by atoms with Gasteiger partial charge in [0.15, 0.2) is 0 Å². The lowest BCUT2D eigenvalue weighted by atomic mass is 9.89. The summed E-state index contributed by atoms with van der Waals surface area (Å²) in [6, 6.07) is -1.08. The van der Waals surface area contributed by atoms with Crippen molar-refractivity contribution in [1.82, 2.24) is 10.6 Å². The van der Waals surface area contributed by atoms with Gasteiger partial charge in [-0.15, -0.1) is 0 Å². The van der Waals surface area contributed by atoms with Gasteiger partial charge in [-0.25, -0.2) is 14.0 Å². The van der Waals surface area contributed by atoms with E-state index in [2.05, 4.69) is 17.2 Å². The quantitative estimate of drug-likeness (QED) is 0.359. The van der Waals surface area contributed by atoms with Crippen molar-refractivity contribution < 1.29 is 39.2 Å². The van der Waals surface area contributed by atoms with Gasteiger partial charge in [-0.05, 0) is 34.6 Å². The Kier molecular flexibility index (Phi) is 6.78. The summed E-state index contributed by atoms with van der Waals surface area (Å²) in [7, 11) is 0. The summed E-state index contributed by atoms with van der Waals surface area (Å²) < 4.78 is 29.6. The molecule has 6 atom stereocenters. The van der Waals surface area contributed by atoms with E-state index < -0.39 is 65.0 Å². The van der Waals surface area contributed by atoms with Gasteiger partial charge in [0.05, 0.1) is 18.8 Å². The van der Waals surface area contributed by atoms with Crippen LogP contribution in [0, 0.1) is 17.8 Å². The minimum absolute atomic E-state index is 0. The van der Waals surface area contributed by atoms with E-state index in [1.165, 1.54) is 6.92 Å². The summed E-state index contributed by atoms with van der Waals surface area (Å²) in [5, 5.41) is 4.90. The summed E-state index contributed by atoms with van der Waals surface area (Å²) in [4.78, 5) is 49.6. The third-order valence-corrected chi connectivity index (χ3v) is 5.16. The number of esters is 2. The highest BCUT2D eigenvalue weighted by molar-refractivity contribution is 5.94. The normalized spacial score (nSPS) is 30.3. The van der Waals surface area contributed by atoms with Crippen LogP contribution in [-0.2, 0) is 28.6 Å². The largest absolute Gasteiger partial charge is 0.464 e. The number of rotatable bonds is 7. The second-order valence-electron chi connectivity index (χ2n) is 8.50. The molecule has 2 fully saturated rings. The first-order valence-corrected chi connectivity index (χ1v) is 9.82. The number of carbonyl (C=O) groups is 4. The van der Waals surface area contributed by atoms with Crippen LogP contribution in [0.1, 0.15) is 42.5 Å². The van der Waals surface area contributed by atoms with Crippen LogP contribution in [0.5, 0.6) is 0 Å². The Morgan fingerprint density at radius 2 is 1.97 bits per heavy atom. The zero-order valence-corrected chi connectivity index (χ0v) is 17.8. The van der Waals surface area contributed by atoms with E-state index in [1.807, 2.05) is 0 Å². The molecule has 2 amide bonds. The summed E-state index contributed by atoms with van der Waals surface area (Å²) >= 11 is 0. The number of fused-ring (bicyclic) bond motifs is 1. The van der Waals surface area contributed by atoms with Gasteiger partial charge >= 0.3 is 18.0 Å². The highest BCUT2D eigenvalue weighted by atomic mass is 19.1. The molecule has 2 rings (SSSR count). The van der Waals surface area contributed by atoms with Crippen molar-refractivity contribution in [2.24, 2.45) is 17.8 Å². The molecule has 0 heterocycles. The van der Waals surface area contributed by atoms with Gasteiger partial charge in [0.2, 0.25) is 5.91 Å². The van der Waals surface area contributed by atoms with E-state index >= 15 is 0 Å². The van der Waals surface area contributed by atoms with Crippen LogP contribution in [-0.4, -0.2) is 53.9 Å². The van der Waals surface area contributed by atoms with E-state index in [9.17, 15) is 23.6 Å². The molecule has 2 aliphatic rings. The standard InChI is InChI=1S/C20H29FN2O7.H2/c1-7-28-16(25)13-12-11(21)9-20(14(12)13,17(26)29-8-2)23-15(24)10(3)22-18(27)30-19(4,5)6;/h7,10-14H,1,8-9H2,2-6H3,(H,22,27)(H,23,24);1H/t10-,11+,12-,13-,14-,20+;/m0./s1. The van der Waals surface area contributed by atoms with Crippen molar-refractivity contribution in [3.05, 3.63) is 12.8 Å². The topological polar surface area (TPSA) is 120 Å². The number of halogens is 1. The molecule has 0 aliphatic heterocycles. The molecule has 9 nitrogen and oxygen atoms in total. The number of ether oxygens (including phenoxy) is 3. The van der Waals surface area contributed by atoms with Crippen LogP contribution < -0.4 is 10.6 Å². The fourth-order valence-electron chi connectivity index (χ4n) is 4.01. The molecule has 2 aliphatic carbocycles. The van der Waals surface area contributed by atoms with Crippen LogP contribution in [0.3, 0.4) is 0 Å². The number of alkyl halides is 1. The molecule has 0 unspecified atom stereocenters. The highest BCUT2D eigenvalue weighted by Gasteiger charge is 2.76. The monoisotopic (exact) mass is 430 g/mol. The number of hydrogen-bond donors (Lipinski definition) is 2. The maximum absolute atomic E-state index is 14.7. The molecule has 0 aromatic heterocycles. The van der Waals surface area contributed by atoms with Gasteiger partial charge in [0.1, 0.15) is 23.4 Å². The molecular formula is C20H31FN2O7. The summed E-state index contributed by atoms with van der Waals surface area (Å²) in [6.45, 7) is 11.3. The smallest absolute Gasteiger partial charge is 0.408 e. The van der Waals surface area contributed by atoms with Crippen molar-refractivity contribution in [1.29, 1.82) is 0 Å². The molecule has 170 valence electrons. The van der Waals surface area contributed by atoms with Crippen molar-refractivity contribution in [3.8, 4) is 0 Å². The second-order valence-corrected chi connectivity index (χ2v) is 8.50. The van der Waals surface area contributed by atoms with E-state index in [-0.39, 0.29) is 14.5 Å². The first-order chi connectivity index (χ1) is 13.9. The number of hydrogen-bond acceptors (Lipinski definition) is 7. The Labute approximate surface area is 176 Å². The maximum Gasteiger partial charge on any atom is 0.408 e. The van der Waals surface area contributed by atoms with Gasteiger partial charge in [0.25, 0.3) is 0 Å². The van der Waals surface area contributed by atoms with Crippen LogP contribution in [0.4, 0.5) is 9.18 Å². The lowest BCUT2D eigenvalue weighted by Crippen LogP contribution is -2.61. The number of carbonyl (C=O) groups excluding carboxylic acids is 4. The van der Waals surface area contributed by atoms with E-state index in [0.29, 0.717) is 0 Å². The van der Waals surface area contributed by atoms with E-state index in [1.54, 1.807) is 27.7 Å². The molecule has 0 aromatic carbocycles. The molecule has 0 saturated heterocycles. The van der Waals surface area contributed by atoms with Crippen LogP contribution in [0.2, 0.25) is 0 Å². The van der Waals surface area contributed by atoms with Gasteiger partial charge < -0.3 is 24.8 Å². The lowest BCUT2D eigenvalue weighted by Gasteiger charge is -2.32. The third kappa shape index (κ3) is 4.73. The average molecular weight is 430 g/mol. The highest BCUT2D eigenvalue weighted by Crippen LogP contribution is 2.64. The van der Waals surface area contributed by atoms with Gasteiger partial charge in [-0.1, -0.05) is 6.58 Å². The Morgan fingerprint density at radius 3 is 2.50 bits per heavy atom. The van der Waals surface area contributed by atoms with Gasteiger partial charge in [0, 0.05) is 19.7 Å². The van der Waals surface area contributed by atoms with Crippen molar-refractivity contribution in [2.45, 2.75) is 64.4 Å². The molecule has 0 bridgehead atoms. The molecule has 0 aromatic rings. The van der Waals surface area contributed by atoms with Crippen LogP contribution >= 0.6 is 0 Å². The second kappa shape index (κ2) is 8.61. The predicted octanol–water partition coefficient (Wildman–Crippen LogP) is 1.85. The SMILES string of the molecule is C=COC(=O)[C@H]1[C@H]2[C@@H]1[C@@](NC(=O)[C@H](C)NC(=O)OC(C)(C)C)(C(=O)OCC)C[C@H]2F.[HH]. The molecule has 0 radical (unpaired) electrons. The predicted molar refractivity (Wildman–Crippen MR) is 105 cm³/mol. The molecule has 30 heavy (non-hydrogen) atoms. The summed E-state index contributed by atoms with van der Waals surface area (Å²) in [5.41, 5.74) is -2.49. The molecule has 2 N–H and O–H groups in total. The third-order valence-electron chi connectivity index (χ3n) is 5.16. The zero-order chi connectivity index (χ0) is 22.9. The maximum atomic E-state index is 14.7. The van der Waals surface area contributed by atoms with E-state index in [0.717, 1.165) is 6.26 Å². The zero-order valence-electron chi connectivity index (χ0n) is 17.8. The first kappa shape index (κ1) is 23.6. The Bertz CT molecular complexity index is 742. The van der Waals surface area contributed by atoms with Crippen LogP contribution in [0.15, 0.2) is 12.8 Å². The number of nitrogens with one attached hydrogen (secondary N) is 2. The number of alkyl carbamates (subject to hydrolysis) is 1. The Balaban J connectivity index is 0.00000480. The van der Waals surface area contributed by atoms with Crippen molar-refractivity contribution in [3.63, 3.8) is 0 Å².